The molecule has 0 aromatic heterocycles. The average Bonchev–Trinajstić information content (AvgIpc) is 2.50. The minimum absolute atomic E-state index is 0.178. The first-order chi connectivity index (χ1) is 6.11. The standard InChI is InChI=1S/C10H21NO2/c1-7(12)10(8(2)13)11-9-5-3-4-6-9/h7-13H,3-6H2,1-2H3. The van der Waals surface area contributed by atoms with Crippen molar-refractivity contribution >= 4 is 0 Å². The van der Waals surface area contributed by atoms with Crippen LogP contribution in [0, 0.1) is 0 Å². The van der Waals surface area contributed by atoms with Crippen LogP contribution < -0.4 is 5.32 Å². The summed E-state index contributed by atoms with van der Waals surface area (Å²) in [4.78, 5) is 0. The van der Waals surface area contributed by atoms with Gasteiger partial charge in [0, 0.05) is 6.04 Å². The van der Waals surface area contributed by atoms with Gasteiger partial charge in [-0.3, -0.25) is 0 Å². The van der Waals surface area contributed by atoms with Gasteiger partial charge in [0.1, 0.15) is 0 Å². The Morgan fingerprint density at radius 1 is 1.08 bits per heavy atom. The van der Waals surface area contributed by atoms with Crippen LogP contribution in [0.2, 0.25) is 0 Å². The van der Waals surface area contributed by atoms with Crippen molar-refractivity contribution in [2.75, 3.05) is 0 Å². The quantitative estimate of drug-likeness (QED) is 0.605. The molecule has 1 aliphatic rings. The number of nitrogens with one attached hydrogen (secondary N) is 1. The molecule has 1 fully saturated rings. The summed E-state index contributed by atoms with van der Waals surface area (Å²) in [5.41, 5.74) is 0. The Bertz CT molecular complexity index is 134. The number of aliphatic hydroxyl groups is 2. The zero-order chi connectivity index (χ0) is 9.84. The second-order valence-electron chi connectivity index (χ2n) is 4.16. The molecule has 0 aromatic carbocycles. The molecule has 78 valence electrons. The number of aliphatic hydroxyl groups excluding tert-OH is 2. The van der Waals surface area contributed by atoms with Crippen molar-refractivity contribution in [1.29, 1.82) is 0 Å². The normalized spacial score (nSPS) is 25.8. The molecule has 0 amide bonds. The highest BCUT2D eigenvalue weighted by Gasteiger charge is 2.25. The molecule has 0 bridgehead atoms. The van der Waals surface area contributed by atoms with Gasteiger partial charge >= 0.3 is 0 Å². The van der Waals surface area contributed by atoms with Gasteiger partial charge in [-0.25, -0.2) is 0 Å². The third kappa shape index (κ3) is 3.25. The van der Waals surface area contributed by atoms with Crippen LogP contribution in [0.1, 0.15) is 39.5 Å². The fourth-order valence-electron chi connectivity index (χ4n) is 2.05. The van der Waals surface area contributed by atoms with E-state index in [0.29, 0.717) is 6.04 Å². The van der Waals surface area contributed by atoms with E-state index in [1.54, 1.807) is 13.8 Å². The molecule has 0 spiro atoms. The summed E-state index contributed by atoms with van der Waals surface area (Å²) < 4.78 is 0. The molecule has 0 heterocycles. The van der Waals surface area contributed by atoms with Crippen LogP contribution >= 0.6 is 0 Å². The summed E-state index contributed by atoms with van der Waals surface area (Å²) in [5.74, 6) is 0. The Labute approximate surface area is 80.2 Å². The molecule has 13 heavy (non-hydrogen) atoms. The minimum atomic E-state index is -0.486. The van der Waals surface area contributed by atoms with E-state index in [9.17, 15) is 10.2 Å². The second kappa shape index (κ2) is 4.94. The monoisotopic (exact) mass is 187 g/mol. The first kappa shape index (κ1) is 11.0. The number of hydrogen-bond acceptors (Lipinski definition) is 3. The topological polar surface area (TPSA) is 52.5 Å². The lowest BCUT2D eigenvalue weighted by Crippen LogP contribution is -2.49. The van der Waals surface area contributed by atoms with Gasteiger partial charge in [0.15, 0.2) is 0 Å². The highest BCUT2D eigenvalue weighted by molar-refractivity contribution is 4.84. The van der Waals surface area contributed by atoms with Crippen molar-refractivity contribution < 1.29 is 10.2 Å². The van der Waals surface area contributed by atoms with Gasteiger partial charge in [0.05, 0.1) is 18.2 Å². The minimum Gasteiger partial charge on any atom is -0.392 e. The summed E-state index contributed by atoms with van der Waals surface area (Å²) in [7, 11) is 0. The van der Waals surface area contributed by atoms with E-state index in [0.717, 1.165) is 0 Å². The molecule has 0 saturated heterocycles. The lowest BCUT2D eigenvalue weighted by molar-refractivity contribution is 0.0511. The van der Waals surface area contributed by atoms with Gasteiger partial charge in [0.25, 0.3) is 0 Å². The third-order valence-electron chi connectivity index (χ3n) is 2.82. The molecule has 2 atom stereocenters. The van der Waals surface area contributed by atoms with E-state index < -0.39 is 12.2 Å². The Morgan fingerprint density at radius 3 is 1.92 bits per heavy atom. The summed E-state index contributed by atoms with van der Waals surface area (Å²) >= 11 is 0. The van der Waals surface area contributed by atoms with Crippen LogP contribution in [0.15, 0.2) is 0 Å². The van der Waals surface area contributed by atoms with Crippen LogP contribution in [0.25, 0.3) is 0 Å². The van der Waals surface area contributed by atoms with Gasteiger partial charge in [-0.15, -0.1) is 0 Å². The van der Waals surface area contributed by atoms with Crippen molar-refractivity contribution in [2.45, 2.75) is 63.8 Å². The lowest BCUT2D eigenvalue weighted by atomic mass is 10.1. The van der Waals surface area contributed by atoms with Crippen LogP contribution in [0.3, 0.4) is 0 Å². The van der Waals surface area contributed by atoms with E-state index in [1.807, 2.05) is 0 Å². The van der Waals surface area contributed by atoms with E-state index in [-0.39, 0.29) is 6.04 Å². The van der Waals surface area contributed by atoms with Gasteiger partial charge in [-0.05, 0) is 26.7 Å². The average molecular weight is 187 g/mol. The molecule has 3 nitrogen and oxygen atoms in total. The van der Waals surface area contributed by atoms with Gasteiger partial charge in [-0.1, -0.05) is 12.8 Å². The molecular formula is C10H21NO2. The van der Waals surface area contributed by atoms with E-state index >= 15 is 0 Å². The van der Waals surface area contributed by atoms with E-state index in [4.69, 9.17) is 0 Å². The highest BCUT2D eigenvalue weighted by atomic mass is 16.3. The molecule has 3 N–H and O–H groups in total. The largest absolute Gasteiger partial charge is 0.392 e. The van der Waals surface area contributed by atoms with Crippen molar-refractivity contribution in [2.24, 2.45) is 0 Å². The number of hydrogen-bond donors (Lipinski definition) is 3. The fourth-order valence-corrected chi connectivity index (χ4v) is 2.05. The van der Waals surface area contributed by atoms with Crippen molar-refractivity contribution in [3.05, 3.63) is 0 Å². The van der Waals surface area contributed by atoms with Crippen molar-refractivity contribution in [3.63, 3.8) is 0 Å². The molecular weight excluding hydrogens is 166 g/mol. The molecule has 0 aliphatic heterocycles. The maximum Gasteiger partial charge on any atom is 0.0690 e. The van der Waals surface area contributed by atoms with Crippen LogP contribution in [0.5, 0.6) is 0 Å². The zero-order valence-corrected chi connectivity index (χ0v) is 8.53. The first-order valence-electron chi connectivity index (χ1n) is 5.23. The van der Waals surface area contributed by atoms with Crippen molar-refractivity contribution in [3.8, 4) is 0 Å². The van der Waals surface area contributed by atoms with E-state index in [2.05, 4.69) is 5.32 Å². The summed E-state index contributed by atoms with van der Waals surface area (Å²) in [6.07, 6.45) is 3.92. The molecule has 0 radical (unpaired) electrons. The summed E-state index contributed by atoms with van der Waals surface area (Å²) in [5, 5.41) is 22.2. The van der Waals surface area contributed by atoms with Crippen molar-refractivity contribution in [1.82, 2.24) is 5.32 Å². The Morgan fingerprint density at radius 2 is 1.54 bits per heavy atom. The smallest absolute Gasteiger partial charge is 0.0690 e. The lowest BCUT2D eigenvalue weighted by Gasteiger charge is -2.27. The third-order valence-corrected chi connectivity index (χ3v) is 2.82. The number of rotatable bonds is 4. The Hall–Kier alpha value is -0.120. The second-order valence-corrected chi connectivity index (χ2v) is 4.16. The Balaban J connectivity index is 2.37. The van der Waals surface area contributed by atoms with Crippen LogP contribution in [-0.2, 0) is 0 Å². The molecule has 1 rings (SSSR count). The predicted molar refractivity (Wildman–Crippen MR) is 52.5 cm³/mol. The first-order valence-corrected chi connectivity index (χ1v) is 5.23. The maximum absolute atomic E-state index is 9.42. The summed E-state index contributed by atoms with van der Waals surface area (Å²) in [6.45, 7) is 3.44. The Kier molecular flexibility index (Phi) is 4.16. The van der Waals surface area contributed by atoms with E-state index in [1.165, 1.54) is 25.7 Å². The van der Waals surface area contributed by atoms with Crippen LogP contribution in [-0.4, -0.2) is 34.5 Å². The van der Waals surface area contributed by atoms with Crippen LogP contribution in [0.4, 0.5) is 0 Å². The maximum atomic E-state index is 9.42. The zero-order valence-electron chi connectivity index (χ0n) is 8.53. The van der Waals surface area contributed by atoms with Gasteiger partial charge in [-0.2, -0.15) is 0 Å². The SMILES string of the molecule is CC(O)C(NC1CCCC1)C(C)O. The highest BCUT2D eigenvalue weighted by Crippen LogP contribution is 2.19. The molecule has 2 unspecified atom stereocenters. The molecule has 3 heteroatoms. The molecule has 0 aromatic rings. The molecule has 1 saturated carbocycles. The fraction of sp³-hybridized carbons (Fsp3) is 1.00. The predicted octanol–water partition coefficient (Wildman–Crippen LogP) is 0.649. The summed E-state index contributed by atoms with van der Waals surface area (Å²) in [6, 6.07) is 0.317. The van der Waals surface area contributed by atoms with Gasteiger partial charge in [0.2, 0.25) is 0 Å². The van der Waals surface area contributed by atoms with Gasteiger partial charge < -0.3 is 15.5 Å². The molecule has 1 aliphatic carbocycles.